The van der Waals surface area contributed by atoms with E-state index < -0.39 is 0 Å². The summed E-state index contributed by atoms with van der Waals surface area (Å²) in [5, 5.41) is 10.3. The fraction of sp³-hybridized carbons (Fsp3) is 0.381. The molecule has 3 aromatic rings. The van der Waals surface area contributed by atoms with Crippen LogP contribution in [0.25, 0.3) is 11.4 Å². The van der Waals surface area contributed by atoms with Crippen LogP contribution in [-0.4, -0.2) is 63.7 Å². The molecular formula is C21H27ClIN7S. The van der Waals surface area contributed by atoms with Gasteiger partial charge < -0.3 is 10.2 Å². The highest BCUT2D eigenvalue weighted by molar-refractivity contribution is 14.0. The van der Waals surface area contributed by atoms with Crippen molar-refractivity contribution in [3.8, 4) is 11.4 Å². The summed E-state index contributed by atoms with van der Waals surface area (Å²) in [5.74, 6) is 1.75. The Bertz CT molecular complexity index is 968. The number of hydrogen-bond acceptors (Lipinski definition) is 5. The first-order chi connectivity index (χ1) is 14.7. The van der Waals surface area contributed by atoms with Crippen LogP contribution in [0.15, 0.2) is 47.7 Å². The first-order valence-electron chi connectivity index (χ1n) is 10.2. The average molecular weight is 572 g/mol. The van der Waals surface area contributed by atoms with Gasteiger partial charge in [0.15, 0.2) is 11.8 Å². The van der Waals surface area contributed by atoms with Crippen LogP contribution < -0.4 is 5.32 Å². The molecule has 10 heteroatoms. The number of H-pyrrole nitrogens is 1. The number of rotatable bonds is 6. The minimum atomic E-state index is 0. The number of nitrogens with one attached hydrogen (secondary N) is 2. The SMILES string of the molecule is CCNC(=NCc1cccc(-c2ncn[nH]2)c1)N1CCN(Cc2ccc(Cl)s2)CC1.I. The van der Waals surface area contributed by atoms with E-state index in [4.69, 9.17) is 16.6 Å². The molecule has 0 unspecified atom stereocenters. The van der Waals surface area contributed by atoms with Crippen molar-refractivity contribution in [1.29, 1.82) is 0 Å². The van der Waals surface area contributed by atoms with E-state index >= 15 is 0 Å². The Balaban J connectivity index is 0.00000272. The van der Waals surface area contributed by atoms with Gasteiger partial charge in [-0.05, 0) is 30.7 Å². The highest BCUT2D eigenvalue weighted by atomic mass is 127. The standard InChI is InChI=1S/C21H26ClN7S.HI/c1-2-23-21(24-13-16-4-3-5-17(12-16)20-25-15-26-27-20)29-10-8-28(9-11-29)14-18-6-7-19(22)30-18;/h3-7,12,15H,2,8-11,13-14H2,1H3,(H,23,24)(H,25,26,27);1H. The predicted octanol–water partition coefficient (Wildman–Crippen LogP) is 4.09. The number of thiophene rings is 1. The van der Waals surface area contributed by atoms with Crippen LogP contribution in [0.2, 0.25) is 4.34 Å². The molecule has 166 valence electrons. The molecule has 0 spiro atoms. The number of aliphatic imine (C=N–C) groups is 1. The normalized spacial score (nSPS) is 15.0. The third kappa shape index (κ3) is 6.64. The molecule has 0 radical (unpaired) electrons. The lowest BCUT2D eigenvalue weighted by Gasteiger charge is -2.36. The topological polar surface area (TPSA) is 72.4 Å². The number of piperazine rings is 1. The van der Waals surface area contributed by atoms with Crippen molar-refractivity contribution in [3.05, 3.63) is 57.5 Å². The molecule has 0 bridgehead atoms. The average Bonchev–Trinajstić information content (AvgIpc) is 3.44. The van der Waals surface area contributed by atoms with Crippen LogP contribution in [0.3, 0.4) is 0 Å². The van der Waals surface area contributed by atoms with Gasteiger partial charge in [0.05, 0.1) is 10.9 Å². The number of guanidine groups is 1. The van der Waals surface area contributed by atoms with Gasteiger partial charge in [-0.1, -0.05) is 29.8 Å². The molecule has 1 aliphatic heterocycles. The molecule has 4 rings (SSSR count). The molecule has 0 saturated carbocycles. The van der Waals surface area contributed by atoms with E-state index in [-0.39, 0.29) is 24.0 Å². The Hall–Kier alpha value is -1.69. The van der Waals surface area contributed by atoms with Gasteiger partial charge in [-0.15, -0.1) is 35.3 Å². The van der Waals surface area contributed by atoms with Crippen molar-refractivity contribution in [2.24, 2.45) is 4.99 Å². The maximum absolute atomic E-state index is 6.06. The number of hydrogen-bond donors (Lipinski definition) is 2. The lowest BCUT2D eigenvalue weighted by Crippen LogP contribution is -2.52. The number of halogens is 2. The Morgan fingerprint density at radius 1 is 1.23 bits per heavy atom. The van der Waals surface area contributed by atoms with E-state index in [0.29, 0.717) is 6.54 Å². The third-order valence-electron chi connectivity index (χ3n) is 5.04. The van der Waals surface area contributed by atoms with Crippen molar-refractivity contribution < 1.29 is 0 Å². The third-order valence-corrected chi connectivity index (χ3v) is 6.26. The van der Waals surface area contributed by atoms with Gasteiger partial charge in [0.1, 0.15) is 6.33 Å². The molecule has 31 heavy (non-hydrogen) atoms. The molecule has 0 aliphatic carbocycles. The van der Waals surface area contributed by atoms with Gasteiger partial charge in [-0.2, -0.15) is 5.10 Å². The summed E-state index contributed by atoms with van der Waals surface area (Å²) < 4.78 is 0.859. The molecule has 1 saturated heterocycles. The summed E-state index contributed by atoms with van der Waals surface area (Å²) in [6, 6.07) is 12.4. The van der Waals surface area contributed by atoms with Crippen molar-refractivity contribution in [3.63, 3.8) is 0 Å². The Kier molecular flexibility index (Phi) is 9.12. The highest BCUT2D eigenvalue weighted by Crippen LogP contribution is 2.23. The maximum Gasteiger partial charge on any atom is 0.194 e. The van der Waals surface area contributed by atoms with Gasteiger partial charge in [-0.3, -0.25) is 10.00 Å². The Morgan fingerprint density at radius 3 is 2.74 bits per heavy atom. The van der Waals surface area contributed by atoms with Crippen LogP contribution in [0.5, 0.6) is 0 Å². The fourth-order valence-corrected chi connectivity index (χ4v) is 4.66. The molecule has 1 fully saturated rings. The Labute approximate surface area is 208 Å². The van der Waals surface area contributed by atoms with Crippen LogP contribution in [0.4, 0.5) is 0 Å². The van der Waals surface area contributed by atoms with Gasteiger partial charge >= 0.3 is 0 Å². The summed E-state index contributed by atoms with van der Waals surface area (Å²) in [4.78, 5) is 15.3. The summed E-state index contributed by atoms with van der Waals surface area (Å²) in [6.45, 7) is 8.50. The quantitative estimate of drug-likeness (QED) is 0.265. The number of nitrogens with zero attached hydrogens (tertiary/aromatic N) is 5. The molecule has 2 aromatic heterocycles. The minimum Gasteiger partial charge on any atom is -0.357 e. The van der Waals surface area contributed by atoms with Crippen LogP contribution in [0.1, 0.15) is 17.4 Å². The van der Waals surface area contributed by atoms with E-state index in [1.54, 1.807) is 11.3 Å². The zero-order valence-corrected chi connectivity index (χ0v) is 21.3. The predicted molar refractivity (Wildman–Crippen MR) is 138 cm³/mol. The molecule has 0 amide bonds. The number of aromatic nitrogens is 3. The number of benzene rings is 1. The van der Waals surface area contributed by atoms with Gasteiger partial charge in [0.2, 0.25) is 0 Å². The van der Waals surface area contributed by atoms with Gasteiger partial charge in [-0.25, -0.2) is 9.98 Å². The summed E-state index contributed by atoms with van der Waals surface area (Å²) in [6.07, 6.45) is 1.52. The largest absolute Gasteiger partial charge is 0.357 e. The second-order valence-corrected chi connectivity index (χ2v) is 8.97. The highest BCUT2D eigenvalue weighted by Gasteiger charge is 2.20. The smallest absolute Gasteiger partial charge is 0.194 e. The minimum absolute atomic E-state index is 0. The molecule has 1 aromatic carbocycles. The van der Waals surface area contributed by atoms with Crippen LogP contribution in [-0.2, 0) is 13.1 Å². The van der Waals surface area contributed by atoms with Crippen LogP contribution >= 0.6 is 46.9 Å². The van der Waals surface area contributed by atoms with E-state index in [1.807, 2.05) is 18.2 Å². The van der Waals surface area contributed by atoms with E-state index in [1.165, 1.54) is 11.2 Å². The molecular weight excluding hydrogens is 545 g/mol. The van der Waals surface area contributed by atoms with Crippen molar-refractivity contribution in [1.82, 2.24) is 30.3 Å². The van der Waals surface area contributed by atoms with Gasteiger partial charge in [0, 0.05) is 49.7 Å². The summed E-state index contributed by atoms with van der Waals surface area (Å²) in [5.41, 5.74) is 2.17. The fourth-order valence-electron chi connectivity index (χ4n) is 3.53. The molecule has 1 aliphatic rings. The summed E-state index contributed by atoms with van der Waals surface area (Å²) >= 11 is 7.73. The van der Waals surface area contributed by atoms with Crippen molar-refractivity contribution in [2.45, 2.75) is 20.0 Å². The molecule has 3 heterocycles. The first-order valence-corrected chi connectivity index (χ1v) is 11.3. The van der Waals surface area contributed by atoms with E-state index in [2.05, 4.69) is 55.4 Å². The molecule has 2 N–H and O–H groups in total. The van der Waals surface area contributed by atoms with Crippen molar-refractivity contribution >= 4 is 52.9 Å². The maximum atomic E-state index is 6.06. The van der Waals surface area contributed by atoms with Gasteiger partial charge in [0.25, 0.3) is 0 Å². The molecule has 0 atom stereocenters. The lowest BCUT2D eigenvalue weighted by atomic mass is 10.1. The number of aromatic amines is 1. The zero-order chi connectivity index (χ0) is 20.8. The second-order valence-electron chi connectivity index (χ2n) is 7.17. The summed E-state index contributed by atoms with van der Waals surface area (Å²) in [7, 11) is 0. The van der Waals surface area contributed by atoms with Crippen molar-refractivity contribution in [2.75, 3.05) is 32.7 Å². The molecule has 7 nitrogen and oxygen atoms in total. The Morgan fingerprint density at radius 2 is 2.06 bits per heavy atom. The second kappa shape index (κ2) is 11.8. The first kappa shape index (κ1) is 24.0. The van der Waals surface area contributed by atoms with Crippen LogP contribution in [0, 0.1) is 0 Å². The zero-order valence-electron chi connectivity index (χ0n) is 17.4. The monoisotopic (exact) mass is 571 g/mol. The van der Waals surface area contributed by atoms with E-state index in [0.717, 1.165) is 66.5 Å². The lowest BCUT2D eigenvalue weighted by molar-refractivity contribution is 0.173. The van der Waals surface area contributed by atoms with E-state index in [9.17, 15) is 0 Å².